The van der Waals surface area contributed by atoms with E-state index < -0.39 is 101 Å². The number of methoxy groups -OCH3 is 1. The van der Waals surface area contributed by atoms with Crippen molar-refractivity contribution in [1.82, 2.24) is 10.2 Å². The minimum Gasteiger partial charge on any atom is -0.459 e. The van der Waals surface area contributed by atoms with E-state index in [2.05, 4.69) is 31.4 Å². The zero-order chi connectivity index (χ0) is 46.0. The van der Waals surface area contributed by atoms with E-state index in [9.17, 15) is 29.6 Å². The predicted octanol–water partition coefficient (Wildman–Crippen LogP) is 4.76. The smallest absolute Gasteiger partial charge is 0.311 e. The number of cyclic esters (lactones) is 1. The number of hydrogen-bond donors (Lipinski definition) is 6. The molecule has 17 atom stereocenters. The van der Waals surface area contributed by atoms with Crippen LogP contribution in [0.25, 0.3) is 0 Å². The fraction of sp³-hybridized carbons (Fsp3) is 0.848. The van der Waals surface area contributed by atoms with Crippen LogP contribution in [-0.2, 0) is 33.2 Å². The first kappa shape index (κ1) is 51.6. The summed E-state index contributed by atoms with van der Waals surface area (Å²) in [6.45, 7) is 22.5. The molecule has 0 saturated carbocycles. The SMILES string of the molecule is CC[C@H]1OC(=O)[C@H](C)[C@H](O[C@@H]2C[C@](C)(OC)[C@@](O)(CNc3cc(C)ccc3F)[C@H](C)O2)[C@H](C)[C@@H](O[C@@H]2O[C@H](C)C[C@H](N(C)C)[C@H]2O)C(C)(C)C[C@@H](C)NC[C@H](C)[C@@H](O)[C@]1(C)O. The van der Waals surface area contributed by atoms with E-state index in [1.807, 2.05) is 46.7 Å². The second-order valence-corrected chi connectivity index (χ2v) is 20.0. The number of likely N-dealkylation sites (N-methyl/N-ethyl adjacent to an activating group) is 1. The number of nitrogens with zero attached hydrogens (tertiary/aromatic N) is 1. The Hall–Kier alpha value is -2.02. The van der Waals surface area contributed by atoms with Gasteiger partial charge in [0, 0.05) is 44.6 Å². The number of aryl methyl sites for hydroxylation is 1. The molecule has 0 bridgehead atoms. The van der Waals surface area contributed by atoms with Crippen LogP contribution in [0.3, 0.4) is 0 Å². The zero-order valence-corrected chi connectivity index (χ0v) is 39.5. The monoisotopic (exact) mass is 870 g/mol. The van der Waals surface area contributed by atoms with Gasteiger partial charge in [-0.05, 0) is 111 Å². The molecule has 3 aliphatic heterocycles. The molecule has 61 heavy (non-hydrogen) atoms. The van der Waals surface area contributed by atoms with Gasteiger partial charge in [-0.25, -0.2) is 4.39 Å². The van der Waals surface area contributed by atoms with E-state index in [1.165, 1.54) is 20.1 Å². The quantitative estimate of drug-likeness (QED) is 0.177. The molecule has 0 unspecified atom stereocenters. The summed E-state index contributed by atoms with van der Waals surface area (Å²) < 4.78 is 53.8. The first-order valence-corrected chi connectivity index (χ1v) is 22.3. The number of carbonyl (C=O) groups excluding carboxylic acids is 1. The summed E-state index contributed by atoms with van der Waals surface area (Å²) >= 11 is 0. The van der Waals surface area contributed by atoms with Gasteiger partial charge in [0.2, 0.25) is 0 Å². The summed E-state index contributed by atoms with van der Waals surface area (Å²) in [4.78, 5) is 16.4. The van der Waals surface area contributed by atoms with Crippen molar-refractivity contribution in [2.24, 2.45) is 23.2 Å². The number of hydrogen-bond acceptors (Lipinski definition) is 14. The van der Waals surface area contributed by atoms with Gasteiger partial charge in [-0.15, -0.1) is 0 Å². The molecule has 0 aliphatic carbocycles. The molecule has 1 aromatic carbocycles. The summed E-state index contributed by atoms with van der Waals surface area (Å²) in [5.74, 6) is -3.10. The van der Waals surface area contributed by atoms with Gasteiger partial charge in [-0.1, -0.05) is 40.7 Å². The number of esters is 1. The molecule has 0 radical (unpaired) electrons. The zero-order valence-electron chi connectivity index (χ0n) is 39.5. The van der Waals surface area contributed by atoms with Crippen molar-refractivity contribution >= 4 is 11.7 Å². The van der Waals surface area contributed by atoms with Crippen LogP contribution in [0.4, 0.5) is 10.1 Å². The fourth-order valence-corrected chi connectivity index (χ4v) is 10.1. The molecular formula is C46H80FN3O11. The van der Waals surface area contributed by atoms with Crippen LogP contribution in [0.5, 0.6) is 0 Å². The largest absolute Gasteiger partial charge is 0.459 e. The number of rotatable bonds is 10. The van der Waals surface area contributed by atoms with Crippen LogP contribution in [-0.4, -0.2) is 150 Å². The number of halogens is 1. The van der Waals surface area contributed by atoms with Gasteiger partial charge < -0.3 is 64.4 Å². The van der Waals surface area contributed by atoms with E-state index in [-0.39, 0.29) is 43.3 Å². The second-order valence-electron chi connectivity index (χ2n) is 20.0. The lowest BCUT2D eigenvalue weighted by Crippen LogP contribution is -2.69. The molecule has 0 amide bonds. The van der Waals surface area contributed by atoms with Crippen LogP contribution < -0.4 is 10.6 Å². The standard InChI is InChI=1S/C46H80FN3O11/c1-16-35-45(12,54)39(52)26(3)23-48-27(4)21-43(9,10)40(61-42-37(51)34(50(13)14)20-28(5)57-42)29(6)38(30(7)41(53)59-35)60-36-22-44(11,56-15)46(55,31(8)58-36)24-49-33-19-25(2)17-18-32(33)47/h17-19,26-31,34-40,42,48-49,51-52,54-55H,16,20-24H2,1-15H3/t26-,27+,28+,29-,30+,31-,34-,35+,36+,37+,38+,39+,40+,42-,44-,45+,46+/m0/s1. The highest BCUT2D eigenvalue weighted by molar-refractivity contribution is 5.73. The van der Waals surface area contributed by atoms with Crippen LogP contribution in [0.2, 0.25) is 0 Å². The van der Waals surface area contributed by atoms with Gasteiger partial charge >= 0.3 is 5.97 Å². The fourth-order valence-electron chi connectivity index (χ4n) is 10.1. The molecule has 14 nitrogen and oxygen atoms in total. The molecular weight excluding hydrogens is 790 g/mol. The molecule has 3 saturated heterocycles. The van der Waals surface area contributed by atoms with Crippen molar-refractivity contribution in [3.63, 3.8) is 0 Å². The summed E-state index contributed by atoms with van der Waals surface area (Å²) in [5, 5.41) is 53.9. The second kappa shape index (κ2) is 20.4. The minimum atomic E-state index is -1.78. The van der Waals surface area contributed by atoms with Gasteiger partial charge in [0.1, 0.15) is 34.8 Å². The molecule has 352 valence electrons. The number of aliphatic hydroxyl groups excluding tert-OH is 2. The molecule has 6 N–H and O–H groups in total. The average molecular weight is 870 g/mol. The van der Waals surface area contributed by atoms with Crippen molar-refractivity contribution in [1.29, 1.82) is 0 Å². The lowest BCUT2D eigenvalue weighted by molar-refractivity contribution is -0.333. The Morgan fingerprint density at radius 3 is 2.26 bits per heavy atom. The molecule has 1 aromatic rings. The average Bonchev–Trinajstić information content (AvgIpc) is 3.18. The summed E-state index contributed by atoms with van der Waals surface area (Å²) in [6, 6.07) is 4.38. The Balaban J connectivity index is 1.79. The lowest BCUT2D eigenvalue weighted by Gasteiger charge is -2.53. The van der Waals surface area contributed by atoms with E-state index >= 15 is 0 Å². The van der Waals surface area contributed by atoms with Crippen LogP contribution >= 0.6 is 0 Å². The molecule has 0 aromatic heterocycles. The molecule has 4 rings (SSSR count). The van der Waals surface area contributed by atoms with Crippen LogP contribution in [0.1, 0.15) is 107 Å². The Bertz CT molecular complexity index is 1590. The van der Waals surface area contributed by atoms with Gasteiger partial charge in [0.05, 0.1) is 42.1 Å². The third kappa shape index (κ3) is 11.4. The van der Waals surface area contributed by atoms with Gasteiger partial charge in [-0.3, -0.25) is 4.79 Å². The number of benzene rings is 1. The lowest BCUT2D eigenvalue weighted by atomic mass is 9.72. The maximum atomic E-state index is 14.8. The summed E-state index contributed by atoms with van der Waals surface area (Å²) in [6.07, 6.45) is -6.65. The molecule has 3 heterocycles. The van der Waals surface area contributed by atoms with Gasteiger partial charge in [-0.2, -0.15) is 0 Å². The minimum absolute atomic E-state index is 0.0199. The summed E-state index contributed by atoms with van der Waals surface area (Å²) in [5.41, 5.74) is -4.30. The van der Waals surface area contributed by atoms with E-state index in [0.29, 0.717) is 19.4 Å². The number of ether oxygens (including phenoxy) is 6. The van der Waals surface area contributed by atoms with Crippen LogP contribution in [0, 0.1) is 35.9 Å². The van der Waals surface area contributed by atoms with E-state index in [0.717, 1.165) is 5.56 Å². The highest BCUT2D eigenvalue weighted by Crippen LogP contribution is 2.45. The Morgan fingerprint density at radius 1 is 1.00 bits per heavy atom. The van der Waals surface area contributed by atoms with Crippen molar-refractivity contribution in [2.75, 3.05) is 39.6 Å². The van der Waals surface area contributed by atoms with E-state index in [4.69, 9.17) is 28.4 Å². The van der Waals surface area contributed by atoms with Crippen LogP contribution in [0.15, 0.2) is 18.2 Å². The van der Waals surface area contributed by atoms with Crippen molar-refractivity contribution in [3.8, 4) is 0 Å². The normalized spacial score (nSPS) is 43.3. The molecule has 3 aliphatic rings. The first-order chi connectivity index (χ1) is 28.2. The number of carbonyl (C=O) groups is 1. The predicted molar refractivity (Wildman–Crippen MR) is 231 cm³/mol. The topological polar surface area (TPSA) is 181 Å². The van der Waals surface area contributed by atoms with Crippen molar-refractivity contribution < 1.29 is 58.0 Å². The van der Waals surface area contributed by atoms with Gasteiger partial charge in [0.15, 0.2) is 12.6 Å². The highest BCUT2D eigenvalue weighted by Gasteiger charge is 2.58. The Labute approximate surface area is 364 Å². The first-order valence-electron chi connectivity index (χ1n) is 22.3. The van der Waals surface area contributed by atoms with Crippen molar-refractivity contribution in [2.45, 2.75) is 193 Å². The Kier molecular flexibility index (Phi) is 17.3. The maximum absolute atomic E-state index is 14.8. The maximum Gasteiger partial charge on any atom is 0.311 e. The number of anilines is 1. The Morgan fingerprint density at radius 2 is 1.66 bits per heavy atom. The molecule has 15 heteroatoms. The van der Waals surface area contributed by atoms with E-state index in [1.54, 1.807) is 39.8 Å². The third-order valence-corrected chi connectivity index (χ3v) is 14.2. The highest BCUT2D eigenvalue weighted by atomic mass is 19.1. The number of nitrogens with one attached hydrogen (secondary N) is 2. The van der Waals surface area contributed by atoms with Gasteiger partial charge in [0.25, 0.3) is 0 Å². The molecule has 3 fully saturated rings. The summed E-state index contributed by atoms with van der Waals surface area (Å²) in [7, 11) is 5.32. The van der Waals surface area contributed by atoms with Crippen molar-refractivity contribution in [3.05, 3.63) is 29.6 Å². The molecule has 0 spiro atoms. The number of aliphatic hydroxyl groups is 4. The third-order valence-electron chi connectivity index (χ3n) is 14.2.